The highest BCUT2D eigenvalue weighted by Crippen LogP contribution is 2.59. The smallest absolute Gasteiger partial charge is 0.0604 e. The Morgan fingerprint density at radius 2 is 1.54 bits per heavy atom. The molecule has 0 spiro atoms. The van der Waals surface area contributed by atoms with Crippen molar-refractivity contribution in [3.8, 4) is 0 Å². The molecule has 0 unspecified atom stereocenters. The quantitative estimate of drug-likeness (QED) is 0.740. The lowest BCUT2D eigenvalue weighted by Gasteiger charge is -2.50. The van der Waals surface area contributed by atoms with Crippen LogP contribution in [0.2, 0.25) is 0 Å². The van der Waals surface area contributed by atoms with E-state index in [1.807, 2.05) is 11.8 Å². The SMILES string of the molecule is CC(C)S[C]1[CH][CH][CH][C]1[C@@]([C]1[CH][CH][CH][CH]1)(c1ccccc1)N(C)C. The molecule has 1 aromatic carbocycles. The van der Waals surface area contributed by atoms with Crippen LogP contribution >= 0.6 is 11.8 Å². The monoisotopic (exact) mass is 335 g/mol. The van der Waals surface area contributed by atoms with Crippen LogP contribution in [0.1, 0.15) is 19.4 Å². The lowest BCUT2D eigenvalue weighted by molar-refractivity contribution is 0.199. The van der Waals surface area contributed by atoms with Gasteiger partial charge in [-0.25, -0.2) is 0 Å². The van der Waals surface area contributed by atoms with Crippen LogP contribution in [-0.4, -0.2) is 24.2 Å². The zero-order valence-corrected chi connectivity index (χ0v) is 15.7. The van der Waals surface area contributed by atoms with Crippen LogP contribution in [0.5, 0.6) is 0 Å². The van der Waals surface area contributed by atoms with Gasteiger partial charge in [-0.1, -0.05) is 44.2 Å². The van der Waals surface area contributed by atoms with Crippen LogP contribution in [0.3, 0.4) is 0 Å². The van der Waals surface area contributed by atoms with Crippen LogP contribution < -0.4 is 0 Å². The summed E-state index contributed by atoms with van der Waals surface area (Å²) in [5, 5.41) is 1.92. The summed E-state index contributed by atoms with van der Waals surface area (Å²) in [4.78, 5) is 2.34. The first-order chi connectivity index (χ1) is 11.6. The van der Waals surface area contributed by atoms with Crippen LogP contribution in [0.25, 0.3) is 0 Å². The molecular formula is C22H25NS. The molecule has 0 heterocycles. The first kappa shape index (κ1) is 18.3. The van der Waals surface area contributed by atoms with Gasteiger partial charge in [0.2, 0.25) is 0 Å². The van der Waals surface area contributed by atoms with E-state index in [0.29, 0.717) is 5.25 Å². The minimum absolute atomic E-state index is 0.272. The second-order valence-electron chi connectivity index (χ2n) is 6.61. The van der Waals surface area contributed by atoms with Gasteiger partial charge >= 0.3 is 0 Å². The Morgan fingerprint density at radius 1 is 0.875 bits per heavy atom. The summed E-state index contributed by atoms with van der Waals surface area (Å²) in [5.74, 6) is 2.68. The number of benzene rings is 1. The Kier molecular flexibility index (Phi) is 5.98. The molecule has 2 aliphatic rings. The van der Waals surface area contributed by atoms with E-state index >= 15 is 0 Å². The summed E-state index contributed by atoms with van der Waals surface area (Å²) in [5.41, 5.74) is 1.03. The van der Waals surface area contributed by atoms with Crippen molar-refractivity contribution in [2.75, 3.05) is 14.1 Å². The average Bonchev–Trinajstić information content (AvgIpc) is 3.22. The van der Waals surface area contributed by atoms with Gasteiger partial charge in [0.25, 0.3) is 0 Å². The van der Waals surface area contributed by atoms with E-state index in [1.165, 1.54) is 22.6 Å². The maximum Gasteiger partial charge on any atom is 0.0604 e. The van der Waals surface area contributed by atoms with Crippen LogP contribution in [0.4, 0.5) is 0 Å². The normalized spacial score (nSPS) is 23.4. The highest BCUT2D eigenvalue weighted by atomic mass is 32.2. The zero-order valence-electron chi connectivity index (χ0n) is 14.9. The van der Waals surface area contributed by atoms with Crippen LogP contribution in [0.15, 0.2) is 30.3 Å². The molecule has 0 bridgehead atoms. The molecule has 2 heteroatoms. The molecule has 2 fully saturated rings. The second-order valence-corrected chi connectivity index (χ2v) is 8.23. The maximum atomic E-state index is 2.34. The first-order valence-corrected chi connectivity index (χ1v) is 9.32. The fourth-order valence-electron chi connectivity index (χ4n) is 3.59. The van der Waals surface area contributed by atoms with E-state index in [4.69, 9.17) is 0 Å². The van der Waals surface area contributed by atoms with Crippen LogP contribution in [0, 0.1) is 62.0 Å². The van der Waals surface area contributed by atoms with Crippen molar-refractivity contribution in [1.82, 2.24) is 4.90 Å². The highest BCUT2D eigenvalue weighted by Gasteiger charge is 2.54. The van der Waals surface area contributed by atoms with Gasteiger partial charge in [0.15, 0.2) is 0 Å². The number of hydrogen-bond acceptors (Lipinski definition) is 2. The van der Waals surface area contributed by atoms with Gasteiger partial charge < -0.3 is 0 Å². The molecule has 0 saturated heterocycles. The standard InChI is InChI=1S/C22H25NS/c1-17(2)24-21-16-10-15-20(21)22(23(3)4,19-13-8-9-14-19)18-11-6-5-7-12-18/h5-17H,1-4H3/t22-/m0/s1. The van der Waals surface area contributed by atoms with Crippen molar-refractivity contribution in [3.63, 3.8) is 0 Å². The largest absolute Gasteiger partial charge is 0.299 e. The molecule has 1 nitrogen and oxygen atoms in total. The summed E-state index contributed by atoms with van der Waals surface area (Å²) >= 11 is 1.94. The summed E-state index contributed by atoms with van der Waals surface area (Å²) in [6.45, 7) is 4.51. The Bertz CT molecular complexity index is 506. The topological polar surface area (TPSA) is 3.24 Å². The maximum absolute atomic E-state index is 2.34. The zero-order chi connectivity index (χ0) is 17.2. The third-order valence-electron chi connectivity index (χ3n) is 4.47. The molecule has 2 aliphatic carbocycles. The predicted molar refractivity (Wildman–Crippen MR) is 104 cm³/mol. The third kappa shape index (κ3) is 3.29. The molecule has 0 aliphatic heterocycles. The van der Waals surface area contributed by atoms with Crippen molar-refractivity contribution in [3.05, 3.63) is 97.9 Å². The summed E-state index contributed by atoms with van der Waals surface area (Å²) in [6.07, 6.45) is 15.5. The number of rotatable bonds is 6. The third-order valence-corrected chi connectivity index (χ3v) is 5.55. The first-order valence-electron chi connectivity index (χ1n) is 8.44. The van der Waals surface area contributed by atoms with Gasteiger partial charge in [-0.05, 0) is 69.9 Å². The van der Waals surface area contributed by atoms with E-state index in [9.17, 15) is 0 Å². The Hall–Kier alpha value is -0.470. The van der Waals surface area contributed by atoms with Gasteiger partial charge in [-0.3, -0.25) is 4.90 Å². The Morgan fingerprint density at radius 3 is 2.12 bits per heavy atom. The van der Waals surface area contributed by atoms with Crippen molar-refractivity contribution >= 4 is 11.8 Å². The van der Waals surface area contributed by atoms with E-state index in [0.717, 1.165) is 0 Å². The van der Waals surface area contributed by atoms with E-state index < -0.39 is 0 Å². The summed E-state index contributed by atoms with van der Waals surface area (Å²) in [6, 6.07) is 10.8. The molecule has 1 aromatic rings. The van der Waals surface area contributed by atoms with Gasteiger partial charge in [0.05, 0.1) is 5.54 Å². The van der Waals surface area contributed by atoms with E-state index in [1.54, 1.807) is 0 Å². The molecule has 124 valence electrons. The molecule has 1 atom stereocenters. The van der Waals surface area contributed by atoms with Crippen LogP contribution in [-0.2, 0) is 5.54 Å². The molecule has 2 saturated carbocycles. The number of hydrogen-bond donors (Lipinski definition) is 0. The lowest BCUT2D eigenvalue weighted by atomic mass is 9.66. The molecule has 0 aromatic heterocycles. The molecule has 3 rings (SSSR count). The predicted octanol–water partition coefficient (Wildman–Crippen LogP) is 4.72. The minimum Gasteiger partial charge on any atom is -0.299 e. The van der Waals surface area contributed by atoms with Gasteiger partial charge in [-0.15, -0.1) is 11.8 Å². The molecular weight excluding hydrogens is 310 g/mol. The summed E-state index contributed by atoms with van der Waals surface area (Å²) in [7, 11) is 4.35. The fourth-order valence-corrected chi connectivity index (χ4v) is 4.60. The fraction of sp³-hybridized carbons (Fsp3) is 0.273. The number of thioether (sulfide) groups is 1. The minimum atomic E-state index is -0.272. The molecule has 24 heavy (non-hydrogen) atoms. The Labute approximate surface area is 153 Å². The number of nitrogens with zero attached hydrogens (tertiary/aromatic N) is 1. The lowest BCUT2D eigenvalue weighted by Crippen LogP contribution is -2.51. The van der Waals surface area contributed by atoms with Crippen molar-refractivity contribution in [2.24, 2.45) is 0 Å². The molecule has 0 N–H and O–H groups in total. The van der Waals surface area contributed by atoms with Gasteiger partial charge in [0, 0.05) is 17.1 Å². The Balaban J connectivity index is 2.06. The molecule has 10 radical (unpaired) electrons. The van der Waals surface area contributed by atoms with Crippen molar-refractivity contribution in [2.45, 2.75) is 24.6 Å². The highest BCUT2D eigenvalue weighted by molar-refractivity contribution is 8.03. The summed E-state index contributed by atoms with van der Waals surface area (Å²) < 4.78 is 0. The van der Waals surface area contributed by atoms with Gasteiger partial charge in [-0.2, -0.15) is 0 Å². The van der Waals surface area contributed by atoms with Gasteiger partial charge in [0.1, 0.15) is 0 Å². The second kappa shape index (κ2) is 7.83. The van der Waals surface area contributed by atoms with E-state index in [-0.39, 0.29) is 5.54 Å². The van der Waals surface area contributed by atoms with E-state index in [2.05, 4.69) is 108 Å². The molecule has 0 amide bonds. The average molecular weight is 336 g/mol. The van der Waals surface area contributed by atoms with Crippen molar-refractivity contribution < 1.29 is 0 Å². The van der Waals surface area contributed by atoms with Crippen molar-refractivity contribution in [1.29, 1.82) is 0 Å².